The van der Waals surface area contributed by atoms with Gasteiger partial charge in [-0.3, -0.25) is 0 Å². The molecule has 6 heteroatoms. The van der Waals surface area contributed by atoms with E-state index in [1.165, 1.54) is 5.01 Å². The van der Waals surface area contributed by atoms with Crippen LogP contribution in [0.4, 0.5) is 10.5 Å². The van der Waals surface area contributed by atoms with E-state index in [0.717, 1.165) is 0 Å². The molecule has 1 unspecified atom stereocenters. The van der Waals surface area contributed by atoms with Crippen LogP contribution >= 0.6 is 23.2 Å². The topological polar surface area (TPSA) is 44.4 Å². The normalized spacial score (nSPS) is 20.8. The van der Waals surface area contributed by atoms with Crippen molar-refractivity contribution in [2.24, 2.45) is 0 Å². The Kier molecular flexibility index (Phi) is 3.23. The highest BCUT2D eigenvalue weighted by Crippen LogP contribution is 2.25. The maximum absolute atomic E-state index is 11.6. The number of hydrogen-bond acceptors (Lipinski definition) is 2. The van der Waals surface area contributed by atoms with Crippen molar-refractivity contribution in [2.45, 2.75) is 13.0 Å². The molecule has 1 saturated heterocycles. The maximum atomic E-state index is 11.6. The molecule has 0 bridgehead atoms. The average molecular weight is 260 g/mol. The second kappa shape index (κ2) is 4.49. The number of carbonyl (C=O) groups is 1. The van der Waals surface area contributed by atoms with Gasteiger partial charge in [-0.25, -0.2) is 15.2 Å². The SMILES string of the molecule is CC1CNC(=O)N(c2cc(Cl)cc(Cl)c2)N1. The van der Waals surface area contributed by atoms with Crippen LogP contribution < -0.4 is 15.8 Å². The third kappa shape index (κ3) is 2.40. The van der Waals surface area contributed by atoms with Gasteiger partial charge in [0.2, 0.25) is 0 Å². The first-order valence-corrected chi connectivity index (χ1v) is 5.62. The second-order valence-corrected chi connectivity index (χ2v) is 4.55. The predicted octanol–water partition coefficient (Wildman–Crippen LogP) is 2.42. The Hall–Kier alpha value is -0.970. The van der Waals surface area contributed by atoms with Gasteiger partial charge in [0.15, 0.2) is 0 Å². The lowest BCUT2D eigenvalue weighted by molar-refractivity contribution is 0.234. The molecule has 0 aromatic heterocycles. The van der Waals surface area contributed by atoms with E-state index in [1.54, 1.807) is 18.2 Å². The largest absolute Gasteiger partial charge is 0.336 e. The molecule has 0 aliphatic carbocycles. The van der Waals surface area contributed by atoms with Gasteiger partial charge in [-0.15, -0.1) is 0 Å². The molecule has 1 aromatic carbocycles. The van der Waals surface area contributed by atoms with Crippen LogP contribution in [0.5, 0.6) is 0 Å². The fourth-order valence-corrected chi connectivity index (χ4v) is 2.02. The monoisotopic (exact) mass is 259 g/mol. The van der Waals surface area contributed by atoms with Crippen molar-refractivity contribution in [3.8, 4) is 0 Å². The van der Waals surface area contributed by atoms with Crippen molar-refractivity contribution in [3.05, 3.63) is 28.2 Å². The average Bonchev–Trinajstić information content (AvgIpc) is 2.20. The number of hydrogen-bond donors (Lipinski definition) is 2. The molecule has 16 heavy (non-hydrogen) atoms. The lowest BCUT2D eigenvalue weighted by atomic mass is 10.3. The fourth-order valence-electron chi connectivity index (χ4n) is 1.50. The number of anilines is 1. The van der Waals surface area contributed by atoms with Crippen LogP contribution in [-0.4, -0.2) is 18.6 Å². The van der Waals surface area contributed by atoms with Crippen molar-refractivity contribution in [1.29, 1.82) is 0 Å². The number of halogens is 2. The van der Waals surface area contributed by atoms with E-state index >= 15 is 0 Å². The van der Waals surface area contributed by atoms with Crippen molar-refractivity contribution >= 4 is 34.9 Å². The third-order valence-corrected chi connectivity index (χ3v) is 2.65. The Labute approximate surface area is 103 Å². The van der Waals surface area contributed by atoms with Gasteiger partial charge in [0.05, 0.1) is 5.69 Å². The van der Waals surface area contributed by atoms with E-state index in [-0.39, 0.29) is 12.1 Å². The van der Waals surface area contributed by atoms with Crippen LogP contribution in [0.2, 0.25) is 10.0 Å². The highest BCUT2D eigenvalue weighted by Gasteiger charge is 2.23. The standard InChI is InChI=1S/C10H11Cl2N3O/c1-6-5-13-10(16)15(14-6)9-3-7(11)2-8(12)4-9/h2-4,6,14H,5H2,1H3,(H,13,16). The maximum Gasteiger partial charge on any atom is 0.336 e. The molecule has 1 heterocycles. The number of urea groups is 1. The molecule has 2 rings (SSSR count). The van der Waals surface area contributed by atoms with Gasteiger partial charge in [0.25, 0.3) is 0 Å². The number of amides is 2. The Morgan fingerprint density at radius 1 is 1.31 bits per heavy atom. The summed E-state index contributed by atoms with van der Waals surface area (Å²) in [6.07, 6.45) is 0. The van der Waals surface area contributed by atoms with Gasteiger partial charge < -0.3 is 5.32 Å². The summed E-state index contributed by atoms with van der Waals surface area (Å²) in [5, 5.41) is 5.16. The Morgan fingerprint density at radius 3 is 2.56 bits per heavy atom. The molecular formula is C10H11Cl2N3O. The van der Waals surface area contributed by atoms with Crippen LogP contribution in [-0.2, 0) is 0 Å². The van der Waals surface area contributed by atoms with Crippen LogP contribution in [0, 0.1) is 0 Å². The molecule has 4 nitrogen and oxygen atoms in total. The van der Waals surface area contributed by atoms with Gasteiger partial charge in [-0.1, -0.05) is 23.2 Å². The lowest BCUT2D eigenvalue weighted by Gasteiger charge is -2.32. The Morgan fingerprint density at radius 2 is 1.94 bits per heavy atom. The zero-order valence-electron chi connectivity index (χ0n) is 8.63. The molecule has 2 N–H and O–H groups in total. The first-order chi connectivity index (χ1) is 7.56. The summed E-state index contributed by atoms with van der Waals surface area (Å²) in [5.41, 5.74) is 3.67. The van der Waals surface area contributed by atoms with Gasteiger partial charge in [-0.2, -0.15) is 0 Å². The third-order valence-electron chi connectivity index (χ3n) is 2.22. The summed E-state index contributed by atoms with van der Waals surface area (Å²) in [7, 11) is 0. The molecule has 1 aliphatic heterocycles. The smallest absolute Gasteiger partial charge is 0.335 e. The van der Waals surface area contributed by atoms with Crippen LogP contribution in [0.1, 0.15) is 6.92 Å². The van der Waals surface area contributed by atoms with Crippen molar-refractivity contribution in [1.82, 2.24) is 10.7 Å². The number of benzene rings is 1. The number of nitrogens with one attached hydrogen (secondary N) is 2. The van der Waals surface area contributed by atoms with Crippen LogP contribution in [0.25, 0.3) is 0 Å². The van der Waals surface area contributed by atoms with Gasteiger partial charge in [0, 0.05) is 22.6 Å². The van der Waals surface area contributed by atoms with E-state index in [0.29, 0.717) is 22.3 Å². The Balaban J connectivity index is 2.31. The number of carbonyl (C=O) groups excluding carboxylic acids is 1. The predicted molar refractivity (Wildman–Crippen MR) is 64.9 cm³/mol. The number of rotatable bonds is 1. The molecular weight excluding hydrogens is 249 g/mol. The summed E-state index contributed by atoms with van der Waals surface area (Å²) in [6.45, 7) is 2.57. The first kappa shape index (κ1) is 11.5. The van der Waals surface area contributed by atoms with Crippen LogP contribution in [0.15, 0.2) is 18.2 Å². The highest BCUT2D eigenvalue weighted by molar-refractivity contribution is 6.35. The van der Waals surface area contributed by atoms with E-state index in [9.17, 15) is 4.79 Å². The van der Waals surface area contributed by atoms with Gasteiger partial charge in [0.1, 0.15) is 0 Å². The van der Waals surface area contributed by atoms with Gasteiger partial charge >= 0.3 is 6.03 Å². The van der Waals surface area contributed by atoms with E-state index in [2.05, 4.69) is 10.7 Å². The summed E-state index contributed by atoms with van der Waals surface area (Å²) in [5.74, 6) is 0. The van der Waals surface area contributed by atoms with Crippen molar-refractivity contribution < 1.29 is 4.79 Å². The molecule has 0 radical (unpaired) electrons. The zero-order chi connectivity index (χ0) is 11.7. The highest BCUT2D eigenvalue weighted by atomic mass is 35.5. The molecule has 0 saturated carbocycles. The molecule has 2 amide bonds. The zero-order valence-corrected chi connectivity index (χ0v) is 10.1. The lowest BCUT2D eigenvalue weighted by Crippen LogP contribution is -2.60. The molecule has 1 atom stereocenters. The number of nitrogens with zero attached hydrogens (tertiary/aromatic N) is 1. The molecule has 86 valence electrons. The summed E-state index contributed by atoms with van der Waals surface area (Å²) >= 11 is 11.8. The van der Waals surface area contributed by atoms with E-state index < -0.39 is 0 Å². The fraction of sp³-hybridized carbons (Fsp3) is 0.300. The quantitative estimate of drug-likeness (QED) is 0.814. The van der Waals surface area contributed by atoms with Crippen molar-refractivity contribution in [2.75, 3.05) is 11.6 Å². The van der Waals surface area contributed by atoms with Gasteiger partial charge in [-0.05, 0) is 25.1 Å². The molecule has 1 fully saturated rings. The number of hydrazine groups is 1. The van der Waals surface area contributed by atoms with E-state index in [1.807, 2.05) is 6.92 Å². The molecule has 0 spiro atoms. The summed E-state index contributed by atoms with van der Waals surface area (Å²) in [4.78, 5) is 11.6. The summed E-state index contributed by atoms with van der Waals surface area (Å²) in [6, 6.07) is 4.93. The summed E-state index contributed by atoms with van der Waals surface area (Å²) < 4.78 is 0. The minimum absolute atomic E-state index is 0.162. The van der Waals surface area contributed by atoms with Crippen LogP contribution in [0.3, 0.4) is 0 Å². The molecule has 1 aliphatic rings. The minimum atomic E-state index is -0.212. The van der Waals surface area contributed by atoms with Crippen molar-refractivity contribution in [3.63, 3.8) is 0 Å². The minimum Gasteiger partial charge on any atom is -0.335 e. The molecule has 1 aromatic rings. The van der Waals surface area contributed by atoms with E-state index in [4.69, 9.17) is 23.2 Å². The Bertz CT molecular complexity index is 404. The second-order valence-electron chi connectivity index (χ2n) is 3.68. The first-order valence-electron chi connectivity index (χ1n) is 4.86.